The fraction of sp³-hybridized carbons (Fsp3) is 0.417. The Labute approximate surface area is 98.5 Å². The number of H-pyrrole nitrogens is 1. The lowest BCUT2D eigenvalue weighted by atomic mass is 10.2. The second-order valence-electron chi connectivity index (χ2n) is 4.54. The van der Waals surface area contributed by atoms with Crippen LogP contribution in [0.3, 0.4) is 0 Å². The highest BCUT2D eigenvalue weighted by Crippen LogP contribution is 2.37. The minimum atomic E-state index is -0.0731. The third-order valence-electron chi connectivity index (χ3n) is 3.24. The third kappa shape index (κ3) is 1.67. The lowest BCUT2D eigenvalue weighted by molar-refractivity contribution is 0.742. The maximum absolute atomic E-state index is 11.7. The first kappa shape index (κ1) is 10.3. The van der Waals surface area contributed by atoms with Crippen LogP contribution >= 0.6 is 0 Å². The molecule has 0 aromatic carbocycles. The van der Waals surface area contributed by atoms with E-state index in [0.717, 1.165) is 11.4 Å². The molecule has 0 saturated heterocycles. The molecular formula is C12H14N4O. The molecule has 0 aliphatic heterocycles. The Bertz CT molecular complexity index is 622. The van der Waals surface area contributed by atoms with Gasteiger partial charge >= 0.3 is 0 Å². The van der Waals surface area contributed by atoms with Gasteiger partial charge in [-0.05, 0) is 26.7 Å². The average molecular weight is 230 g/mol. The molecule has 17 heavy (non-hydrogen) atoms. The fourth-order valence-electron chi connectivity index (χ4n) is 1.90. The number of hydrogen-bond donors (Lipinski definition) is 1. The van der Waals surface area contributed by atoms with E-state index in [1.165, 1.54) is 12.8 Å². The summed E-state index contributed by atoms with van der Waals surface area (Å²) in [6.07, 6.45) is 5.92. The number of aromatic nitrogens is 4. The summed E-state index contributed by atoms with van der Waals surface area (Å²) in [4.78, 5) is 23.1. The Morgan fingerprint density at radius 1 is 1.41 bits per heavy atom. The minimum Gasteiger partial charge on any atom is -0.325 e. The van der Waals surface area contributed by atoms with Gasteiger partial charge in [0.15, 0.2) is 5.82 Å². The van der Waals surface area contributed by atoms with Crippen molar-refractivity contribution < 1.29 is 0 Å². The molecule has 0 bridgehead atoms. The topological polar surface area (TPSA) is 63.6 Å². The van der Waals surface area contributed by atoms with E-state index in [1.807, 2.05) is 13.3 Å². The number of nitrogens with one attached hydrogen (secondary N) is 1. The number of hydrogen-bond acceptors (Lipinski definition) is 3. The normalized spacial score (nSPS) is 15.2. The van der Waals surface area contributed by atoms with Crippen LogP contribution in [0, 0.1) is 13.8 Å². The molecule has 2 aromatic heterocycles. The molecule has 1 N–H and O–H groups in total. The van der Waals surface area contributed by atoms with Crippen molar-refractivity contribution in [1.82, 2.24) is 19.5 Å². The largest absolute Gasteiger partial charge is 0.325 e. The average Bonchev–Trinajstić information content (AvgIpc) is 3.03. The number of rotatable bonds is 2. The standard InChI is InChI=1S/C12H14N4O/c1-7-8(2)14-11(15-12(7)17)10-5-13-6-16(10)9-3-4-9/h5-6,9H,3-4H2,1-2H3,(H,14,15,17). The van der Waals surface area contributed by atoms with Gasteiger partial charge in [0.05, 0.1) is 12.5 Å². The van der Waals surface area contributed by atoms with Crippen LogP contribution in [0.2, 0.25) is 0 Å². The maximum Gasteiger partial charge on any atom is 0.254 e. The minimum absolute atomic E-state index is 0.0731. The van der Waals surface area contributed by atoms with Gasteiger partial charge in [0.2, 0.25) is 0 Å². The molecule has 3 rings (SSSR count). The molecule has 1 aliphatic carbocycles. The zero-order valence-electron chi connectivity index (χ0n) is 9.90. The van der Waals surface area contributed by atoms with Gasteiger partial charge in [0.1, 0.15) is 5.69 Å². The fourth-order valence-corrected chi connectivity index (χ4v) is 1.90. The number of imidazole rings is 1. The van der Waals surface area contributed by atoms with E-state index < -0.39 is 0 Å². The van der Waals surface area contributed by atoms with Crippen molar-refractivity contribution in [2.24, 2.45) is 0 Å². The SMILES string of the molecule is Cc1nc(-c2cncn2C2CC2)[nH]c(=O)c1C. The molecular weight excluding hydrogens is 216 g/mol. The zero-order valence-corrected chi connectivity index (χ0v) is 9.90. The number of aryl methyl sites for hydroxylation is 1. The van der Waals surface area contributed by atoms with E-state index in [0.29, 0.717) is 17.4 Å². The summed E-state index contributed by atoms with van der Waals surface area (Å²) < 4.78 is 2.09. The van der Waals surface area contributed by atoms with Gasteiger partial charge in [0, 0.05) is 17.3 Å². The van der Waals surface area contributed by atoms with Gasteiger partial charge in [-0.1, -0.05) is 0 Å². The van der Waals surface area contributed by atoms with Crippen molar-refractivity contribution in [2.75, 3.05) is 0 Å². The first-order valence-electron chi connectivity index (χ1n) is 5.76. The van der Waals surface area contributed by atoms with Crippen molar-refractivity contribution in [3.8, 4) is 11.5 Å². The number of nitrogens with zero attached hydrogens (tertiary/aromatic N) is 3. The van der Waals surface area contributed by atoms with Gasteiger partial charge in [-0.25, -0.2) is 9.97 Å². The van der Waals surface area contributed by atoms with Crippen LogP contribution in [-0.2, 0) is 0 Å². The Hall–Kier alpha value is -1.91. The summed E-state index contributed by atoms with van der Waals surface area (Å²) >= 11 is 0. The van der Waals surface area contributed by atoms with E-state index in [2.05, 4.69) is 19.5 Å². The molecule has 1 aliphatic rings. The summed E-state index contributed by atoms with van der Waals surface area (Å²) in [6, 6.07) is 0.527. The van der Waals surface area contributed by atoms with Crippen LogP contribution in [0.15, 0.2) is 17.3 Å². The van der Waals surface area contributed by atoms with E-state index in [1.54, 1.807) is 13.1 Å². The summed E-state index contributed by atoms with van der Waals surface area (Å²) in [5.74, 6) is 0.613. The predicted molar refractivity (Wildman–Crippen MR) is 63.8 cm³/mol. The van der Waals surface area contributed by atoms with E-state index >= 15 is 0 Å². The Morgan fingerprint density at radius 3 is 2.82 bits per heavy atom. The maximum atomic E-state index is 11.7. The molecule has 0 spiro atoms. The quantitative estimate of drug-likeness (QED) is 0.852. The lowest BCUT2D eigenvalue weighted by Gasteiger charge is -2.07. The summed E-state index contributed by atoms with van der Waals surface area (Å²) in [5.41, 5.74) is 2.27. The van der Waals surface area contributed by atoms with Crippen LogP contribution in [0.1, 0.15) is 30.1 Å². The van der Waals surface area contributed by atoms with Crippen LogP contribution in [0.4, 0.5) is 0 Å². The van der Waals surface area contributed by atoms with Gasteiger partial charge in [-0.3, -0.25) is 4.79 Å². The third-order valence-corrected chi connectivity index (χ3v) is 3.24. The van der Waals surface area contributed by atoms with Crippen LogP contribution in [-0.4, -0.2) is 19.5 Å². The van der Waals surface area contributed by atoms with Crippen molar-refractivity contribution in [1.29, 1.82) is 0 Å². The van der Waals surface area contributed by atoms with Gasteiger partial charge in [-0.15, -0.1) is 0 Å². The highest BCUT2D eigenvalue weighted by atomic mass is 16.1. The Balaban J connectivity index is 2.15. The van der Waals surface area contributed by atoms with E-state index in [-0.39, 0.29) is 5.56 Å². The molecule has 2 heterocycles. The molecule has 0 amide bonds. The smallest absolute Gasteiger partial charge is 0.254 e. The van der Waals surface area contributed by atoms with Gasteiger partial charge in [-0.2, -0.15) is 0 Å². The monoisotopic (exact) mass is 230 g/mol. The van der Waals surface area contributed by atoms with Gasteiger partial charge in [0.25, 0.3) is 5.56 Å². The molecule has 5 nitrogen and oxygen atoms in total. The first-order valence-corrected chi connectivity index (χ1v) is 5.76. The Kier molecular flexibility index (Phi) is 2.14. The summed E-state index contributed by atoms with van der Waals surface area (Å²) in [5, 5.41) is 0. The zero-order chi connectivity index (χ0) is 12.0. The Morgan fingerprint density at radius 2 is 2.18 bits per heavy atom. The lowest BCUT2D eigenvalue weighted by Crippen LogP contribution is -2.15. The molecule has 0 atom stereocenters. The second kappa shape index (κ2) is 3.55. The molecule has 88 valence electrons. The van der Waals surface area contributed by atoms with Crippen molar-refractivity contribution >= 4 is 0 Å². The van der Waals surface area contributed by atoms with Crippen LogP contribution in [0.5, 0.6) is 0 Å². The van der Waals surface area contributed by atoms with Crippen molar-refractivity contribution in [2.45, 2.75) is 32.7 Å². The number of aromatic amines is 1. The molecule has 0 unspecified atom stereocenters. The molecule has 2 aromatic rings. The molecule has 0 radical (unpaired) electrons. The van der Waals surface area contributed by atoms with Crippen molar-refractivity contribution in [3.63, 3.8) is 0 Å². The highest BCUT2D eigenvalue weighted by Gasteiger charge is 2.26. The van der Waals surface area contributed by atoms with E-state index in [9.17, 15) is 4.79 Å². The van der Waals surface area contributed by atoms with Crippen molar-refractivity contribution in [3.05, 3.63) is 34.1 Å². The van der Waals surface area contributed by atoms with Crippen LogP contribution in [0.25, 0.3) is 11.5 Å². The van der Waals surface area contributed by atoms with E-state index in [4.69, 9.17) is 0 Å². The first-order chi connectivity index (χ1) is 8.16. The highest BCUT2D eigenvalue weighted by molar-refractivity contribution is 5.49. The molecule has 5 heteroatoms. The van der Waals surface area contributed by atoms with Crippen LogP contribution < -0.4 is 5.56 Å². The van der Waals surface area contributed by atoms with Gasteiger partial charge < -0.3 is 9.55 Å². The summed E-state index contributed by atoms with van der Waals surface area (Å²) in [7, 11) is 0. The second-order valence-corrected chi connectivity index (χ2v) is 4.54. The molecule has 1 fully saturated rings. The molecule has 1 saturated carbocycles. The predicted octanol–water partition coefficient (Wildman–Crippen LogP) is 1.59. The summed E-state index contributed by atoms with van der Waals surface area (Å²) in [6.45, 7) is 3.63.